The van der Waals surface area contributed by atoms with E-state index < -0.39 is 78.2 Å². The molecule has 18 heteroatoms. The highest BCUT2D eigenvalue weighted by atomic mass is 35.5. The number of benzene rings is 2. The Hall–Kier alpha value is -5.89. The molecule has 55 heavy (non-hydrogen) atoms. The van der Waals surface area contributed by atoms with Crippen molar-refractivity contribution in [3.05, 3.63) is 129 Å². The molecule has 0 spiro atoms. The number of aromatic nitrogens is 5. The summed E-state index contributed by atoms with van der Waals surface area (Å²) >= 11 is 0. The summed E-state index contributed by atoms with van der Waals surface area (Å²) in [5.74, 6) is -5.83. The van der Waals surface area contributed by atoms with E-state index in [2.05, 4.69) is 42.5 Å². The molecule has 9 nitrogen and oxygen atoms in total. The van der Waals surface area contributed by atoms with Crippen LogP contribution in [0.3, 0.4) is 0 Å². The molecule has 2 amide bonds. The summed E-state index contributed by atoms with van der Waals surface area (Å²) in [7, 11) is 0. The predicted octanol–water partition coefficient (Wildman–Crippen LogP) is 7.09. The molecular weight excluding hydrogens is 762 g/mol. The summed E-state index contributed by atoms with van der Waals surface area (Å²) in [6, 6.07) is 9.32. The molecule has 0 saturated heterocycles. The Balaban J connectivity index is 0.00000514. The maximum Gasteiger partial charge on any atom is 0.290 e. The third-order valence-electron chi connectivity index (χ3n) is 8.90. The first-order valence-corrected chi connectivity index (χ1v) is 16.3. The molecule has 284 valence electrons. The van der Waals surface area contributed by atoms with Crippen molar-refractivity contribution in [1.82, 2.24) is 35.4 Å². The van der Waals surface area contributed by atoms with Gasteiger partial charge in [-0.25, -0.2) is 41.3 Å². The van der Waals surface area contributed by atoms with Gasteiger partial charge in [-0.1, -0.05) is 18.1 Å². The van der Waals surface area contributed by atoms with Crippen LogP contribution in [-0.4, -0.2) is 36.5 Å². The SMILES string of the molecule is Cl.O=C(Cn1nc(C(F)F)c2c1C(F)(F)CCC2(F)F)NC(Cc1cc(F)cc(F)c1)c1nc(C#Cc2cncnc2)ccc1-c1ccc2c(c1)C(=O)NC2. The van der Waals surface area contributed by atoms with E-state index in [4.69, 9.17) is 0 Å². The van der Waals surface area contributed by atoms with E-state index in [0.29, 0.717) is 33.9 Å². The second-order valence-corrected chi connectivity index (χ2v) is 12.6. The van der Waals surface area contributed by atoms with Crippen LogP contribution in [0.2, 0.25) is 0 Å². The number of carbonyl (C=O) groups excluding carboxylic acids is 2. The van der Waals surface area contributed by atoms with E-state index in [1.807, 2.05) is 0 Å². The summed E-state index contributed by atoms with van der Waals surface area (Å²) in [6.45, 7) is -0.924. The summed E-state index contributed by atoms with van der Waals surface area (Å²) in [5.41, 5.74) is -2.31. The van der Waals surface area contributed by atoms with Crippen LogP contribution in [0.1, 0.15) is 80.7 Å². The molecule has 4 heterocycles. The third kappa shape index (κ3) is 8.00. The Morgan fingerprint density at radius 2 is 1.62 bits per heavy atom. The number of nitrogens with one attached hydrogen (secondary N) is 2. The van der Waals surface area contributed by atoms with Crippen molar-refractivity contribution < 1.29 is 44.7 Å². The van der Waals surface area contributed by atoms with Crippen LogP contribution in [0, 0.1) is 23.5 Å². The zero-order chi connectivity index (χ0) is 38.4. The number of hydrogen-bond acceptors (Lipinski definition) is 6. The molecule has 0 radical (unpaired) electrons. The van der Waals surface area contributed by atoms with Gasteiger partial charge in [0, 0.05) is 49.0 Å². The molecule has 1 aliphatic heterocycles. The number of hydrogen-bond donors (Lipinski definition) is 2. The van der Waals surface area contributed by atoms with Gasteiger partial charge in [-0.3, -0.25) is 14.3 Å². The standard InChI is InChI=1S/C37H25F8N7O2.ClH/c38-23-9-20(10-24(39)13-23)11-28(50-29(53)17-52-33-30(32(51-52)34(40)41)36(42,43)7-8-37(33,44)45)31-26(21-2-3-22-16-48-35(54)27(22)12-21)6-5-25(49-31)4-1-19-14-46-18-47-15-19;/h2-3,5-6,9-10,12-15,18,28,34H,7-8,11,16-17H2,(H,48,54)(H,50,53);1H. The van der Waals surface area contributed by atoms with E-state index in [9.17, 15) is 35.9 Å². The highest BCUT2D eigenvalue weighted by molar-refractivity contribution is 5.99. The van der Waals surface area contributed by atoms with Gasteiger partial charge in [0.15, 0.2) is 0 Å². The second kappa shape index (κ2) is 15.1. The molecule has 2 N–H and O–H groups in total. The van der Waals surface area contributed by atoms with Crippen LogP contribution < -0.4 is 10.6 Å². The van der Waals surface area contributed by atoms with Crippen molar-refractivity contribution in [1.29, 1.82) is 0 Å². The quantitative estimate of drug-likeness (QED) is 0.128. The van der Waals surface area contributed by atoms with Crippen molar-refractivity contribution in [3.8, 4) is 23.0 Å². The topological polar surface area (TPSA) is 115 Å². The second-order valence-electron chi connectivity index (χ2n) is 12.6. The van der Waals surface area contributed by atoms with Gasteiger partial charge in [0.25, 0.3) is 24.2 Å². The maximum atomic E-state index is 15.1. The van der Waals surface area contributed by atoms with Crippen LogP contribution in [0.5, 0.6) is 0 Å². The van der Waals surface area contributed by atoms with Gasteiger partial charge in [-0.05, 0) is 59.4 Å². The molecule has 0 fully saturated rings. The van der Waals surface area contributed by atoms with Gasteiger partial charge in [0.1, 0.15) is 41.6 Å². The normalized spacial score (nSPS) is 15.5. The number of rotatable bonds is 8. The lowest BCUT2D eigenvalue weighted by Crippen LogP contribution is -2.37. The maximum absolute atomic E-state index is 15.1. The molecule has 5 aromatic rings. The Morgan fingerprint density at radius 3 is 2.33 bits per heavy atom. The minimum Gasteiger partial charge on any atom is -0.348 e. The number of carbonyl (C=O) groups is 2. The number of nitrogens with zero attached hydrogens (tertiary/aromatic N) is 5. The molecule has 0 saturated carbocycles. The molecule has 2 aliphatic rings. The van der Waals surface area contributed by atoms with Crippen LogP contribution >= 0.6 is 12.4 Å². The van der Waals surface area contributed by atoms with Gasteiger partial charge >= 0.3 is 0 Å². The van der Waals surface area contributed by atoms with E-state index in [-0.39, 0.29) is 52.9 Å². The zero-order valence-electron chi connectivity index (χ0n) is 28.0. The minimum absolute atomic E-state index is 0. The van der Waals surface area contributed by atoms with Gasteiger partial charge in [0.2, 0.25) is 5.91 Å². The lowest BCUT2D eigenvalue weighted by molar-refractivity contribution is -0.123. The van der Waals surface area contributed by atoms with Crippen LogP contribution in [0.4, 0.5) is 35.1 Å². The van der Waals surface area contributed by atoms with Crippen molar-refractivity contribution in [2.45, 2.75) is 56.7 Å². The summed E-state index contributed by atoms with van der Waals surface area (Å²) < 4.78 is 117. The average Bonchev–Trinajstić information content (AvgIpc) is 3.71. The Kier molecular flexibility index (Phi) is 10.7. The van der Waals surface area contributed by atoms with Crippen molar-refractivity contribution in [2.24, 2.45) is 0 Å². The lowest BCUT2D eigenvalue weighted by Gasteiger charge is -2.29. The van der Waals surface area contributed by atoms with Crippen molar-refractivity contribution in [3.63, 3.8) is 0 Å². The summed E-state index contributed by atoms with van der Waals surface area (Å²) in [4.78, 5) is 38.8. The van der Waals surface area contributed by atoms with Gasteiger partial charge in [0.05, 0.1) is 22.9 Å². The Labute approximate surface area is 313 Å². The molecule has 1 unspecified atom stereocenters. The molecule has 3 aromatic heterocycles. The monoisotopic (exact) mass is 787 g/mol. The van der Waals surface area contributed by atoms with Crippen LogP contribution in [-0.2, 0) is 36.1 Å². The molecule has 7 rings (SSSR count). The fourth-order valence-electron chi connectivity index (χ4n) is 6.53. The number of amides is 2. The number of alkyl halides is 6. The average molecular weight is 788 g/mol. The van der Waals surface area contributed by atoms with Gasteiger partial charge in [-0.2, -0.15) is 13.9 Å². The minimum atomic E-state index is -4.07. The molecule has 0 bridgehead atoms. The first-order valence-electron chi connectivity index (χ1n) is 16.3. The first-order chi connectivity index (χ1) is 25.7. The van der Waals surface area contributed by atoms with Crippen molar-refractivity contribution in [2.75, 3.05) is 0 Å². The van der Waals surface area contributed by atoms with Crippen LogP contribution in [0.15, 0.2) is 67.3 Å². The largest absolute Gasteiger partial charge is 0.348 e. The molecule has 1 aliphatic carbocycles. The van der Waals surface area contributed by atoms with Gasteiger partial charge < -0.3 is 10.6 Å². The highest BCUT2D eigenvalue weighted by Crippen LogP contribution is 2.52. The van der Waals surface area contributed by atoms with E-state index >= 15 is 8.78 Å². The van der Waals surface area contributed by atoms with Gasteiger partial charge in [-0.15, -0.1) is 12.4 Å². The zero-order valence-corrected chi connectivity index (χ0v) is 28.8. The van der Waals surface area contributed by atoms with E-state index in [0.717, 1.165) is 12.1 Å². The summed E-state index contributed by atoms with van der Waals surface area (Å²) in [5, 5.41) is 8.62. The summed E-state index contributed by atoms with van der Waals surface area (Å²) in [6.07, 6.45) is -2.64. The predicted molar refractivity (Wildman–Crippen MR) is 181 cm³/mol. The number of fused-ring (bicyclic) bond motifs is 2. The van der Waals surface area contributed by atoms with Crippen molar-refractivity contribution >= 4 is 24.2 Å². The fourth-order valence-corrected chi connectivity index (χ4v) is 6.53. The Morgan fingerprint density at radius 1 is 0.909 bits per heavy atom. The fraction of sp³-hybridized carbons (Fsp3) is 0.243. The van der Waals surface area contributed by atoms with E-state index in [1.54, 1.807) is 24.3 Å². The van der Waals surface area contributed by atoms with E-state index in [1.165, 1.54) is 24.8 Å². The number of pyridine rings is 1. The first kappa shape index (κ1) is 38.8. The molecular formula is C37H26ClF8N7O2. The number of halogens is 9. The Bertz CT molecular complexity index is 2340. The molecule has 1 atom stereocenters. The third-order valence-corrected chi connectivity index (χ3v) is 8.90. The molecule has 2 aromatic carbocycles. The highest BCUT2D eigenvalue weighted by Gasteiger charge is 2.55. The lowest BCUT2D eigenvalue weighted by atomic mass is 9.89. The smallest absolute Gasteiger partial charge is 0.290 e. The van der Waals surface area contributed by atoms with Crippen LogP contribution in [0.25, 0.3) is 11.1 Å².